The smallest absolute Gasteiger partial charge is 0.253 e. The molecule has 1 saturated heterocycles. The van der Waals surface area contributed by atoms with E-state index in [2.05, 4.69) is 48.3 Å². The molecule has 1 amide bonds. The van der Waals surface area contributed by atoms with Gasteiger partial charge in [0.2, 0.25) is 0 Å². The standard InChI is InChI=1S/C25H32N4O3/c1-16(2)29-23-19(14-27-29)13-20(18(4)28-23)24(30)26-15-25(8-10-32-11-9-25)21-12-17(3)6-7-22(21)31-5/h6-7,12-14,16H,8-11,15H2,1-5H3,(H,26,30). The van der Waals surface area contributed by atoms with Crippen molar-refractivity contribution >= 4 is 16.9 Å². The predicted molar refractivity (Wildman–Crippen MR) is 124 cm³/mol. The van der Waals surface area contributed by atoms with Crippen LogP contribution < -0.4 is 10.1 Å². The van der Waals surface area contributed by atoms with Crippen molar-refractivity contribution in [1.82, 2.24) is 20.1 Å². The van der Waals surface area contributed by atoms with E-state index in [1.165, 1.54) is 5.56 Å². The van der Waals surface area contributed by atoms with Gasteiger partial charge in [-0.1, -0.05) is 17.7 Å². The van der Waals surface area contributed by atoms with E-state index in [9.17, 15) is 4.79 Å². The molecule has 170 valence electrons. The summed E-state index contributed by atoms with van der Waals surface area (Å²) in [6.07, 6.45) is 3.42. The van der Waals surface area contributed by atoms with Gasteiger partial charge in [-0.25, -0.2) is 9.67 Å². The first-order valence-corrected chi connectivity index (χ1v) is 11.2. The molecule has 7 nitrogen and oxygen atoms in total. The highest BCUT2D eigenvalue weighted by Gasteiger charge is 2.37. The summed E-state index contributed by atoms with van der Waals surface area (Å²) in [6.45, 7) is 9.92. The van der Waals surface area contributed by atoms with E-state index >= 15 is 0 Å². The van der Waals surface area contributed by atoms with Crippen LogP contribution in [0.5, 0.6) is 5.75 Å². The number of pyridine rings is 1. The average molecular weight is 437 g/mol. The summed E-state index contributed by atoms with van der Waals surface area (Å²) in [5, 5.41) is 8.50. The van der Waals surface area contributed by atoms with Crippen LogP contribution in [0.1, 0.15) is 59.9 Å². The fourth-order valence-corrected chi connectivity index (χ4v) is 4.56. The van der Waals surface area contributed by atoms with Crippen LogP contribution in [0.25, 0.3) is 11.0 Å². The van der Waals surface area contributed by atoms with E-state index in [-0.39, 0.29) is 17.4 Å². The van der Waals surface area contributed by atoms with Gasteiger partial charge in [-0.15, -0.1) is 0 Å². The number of methoxy groups -OCH3 is 1. The zero-order chi connectivity index (χ0) is 22.9. The highest BCUT2D eigenvalue weighted by atomic mass is 16.5. The Labute approximate surface area is 189 Å². The molecule has 1 aliphatic rings. The summed E-state index contributed by atoms with van der Waals surface area (Å²) in [7, 11) is 1.70. The first kappa shape index (κ1) is 22.3. The number of carbonyl (C=O) groups is 1. The third-order valence-electron chi connectivity index (χ3n) is 6.46. The minimum Gasteiger partial charge on any atom is -0.496 e. The van der Waals surface area contributed by atoms with Crippen LogP contribution in [0, 0.1) is 13.8 Å². The third kappa shape index (κ3) is 4.09. The maximum Gasteiger partial charge on any atom is 0.253 e. The van der Waals surface area contributed by atoms with Crippen molar-refractivity contribution in [2.24, 2.45) is 0 Å². The molecular formula is C25H32N4O3. The van der Waals surface area contributed by atoms with Crippen LogP contribution in [0.2, 0.25) is 0 Å². The second kappa shape index (κ2) is 8.90. The van der Waals surface area contributed by atoms with Crippen molar-refractivity contribution < 1.29 is 14.3 Å². The second-order valence-corrected chi connectivity index (χ2v) is 9.00. The van der Waals surface area contributed by atoms with Gasteiger partial charge in [0.25, 0.3) is 5.91 Å². The average Bonchev–Trinajstić information content (AvgIpc) is 3.20. The molecule has 0 saturated carbocycles. The number of ether oxygens (including phenoxy) is 2. The Hall–Kier alpha value is -2.93. The van der Waals surface area contributed by atoms with Gasteiger partial charge in [-0.3, -0.25) is 4.79 Å². The molecule has 3 heterocycles. The van der Waals surface area contributed by atoms with Gasteiger partial charge >= 0.3 is 0 Å². The molecule has 0 aliphatic carbocycles. The molecule has 2 aromatic heterocycles. The molecule has 0 spiro atoms. The van der Waals surface area contributed by atoms with Gasteiger partial charge in [-0.05, 0) is 52.7 Å². The van der Waals surface area contributed by atoms with Crippen molar-refractivity contribution in [3.05, 3.63) is 52.8 Å². The Kier molecular flexibility index (Phi) is 6.20. The molecule has 3 aromatic rings. The molecule has 1 aliphatic heterocycles. The van der Waals surface area contributed by atoms with E-state index in [0.717, 1.165) is 35.2 Å². The SMILES string of the molecule is COc1ccc(C)cc1C1(CNC(=O)c2cc3cnn(C(C)C)c3nc2C)CCOCC1. The number of aromatic nitrogens is 3. The number of carbonyl (C=O) groups excluding carboxylic acids is 1. The largest absolute Gasteiger partial charge is 0.496 e. The number of rotatable bonds is 6. The number of hydrogen-bond acceptors (Lipinski definition) is 5. The van der Waals surface area contributed by atoms with Crippen molar-refractivity contribution in [1.29, 1.82) is 0 Å². The summed E-state index contributed by atoms with van der Waals surface area (Å²) in [4.78, 5) is 17.9. The van der Waals surface area contributed by atoms with E-state index in [0.29, 0.717) is 31.0 Å². The summed E-state index contributed by atoms with van der Waals surface area (Å²) in [5.41, 5.74) is 4.15. The molecule has 32 heavy (non-hydrogen) atoms. The van der Waals surface area contributed by atoms with E-state index in [4.69, 9.17) is 9.47 Å². The van der Waals surface area contributed by atoms with Crippen LogP contribution in [-0.4, -0.2) is 47.5 Å². The molecule has 7 heteroatoms. The quantitative estimate of drug-likeness (QED) is 0.629. The maximum absolute atomic E-state index is 13.2. The molecular weight excluding hydrogens is 404 g/mol. The zero-order valence-electron chi connectivity index (χ0n) is 19.6. The Morgan fingerprint density at radius 2 is 2.00 bits per heavy atom. The number of benzene rings is 1. The van der Waals surface area contributed by atoms with Crippen molar-refractivity contribution in [2.45, 2.75) is 52.0 Å². The Morgan fingerprint density at radius 3 is 2.69 bits per heavy atom. The van der Waals surface area contributed by atoms with E-state index < -0.39 is 0 Å². The molecule has 0 atom stereocenters. The summed E-state index contributed by atoms with van der Waals surface area (Å²) >= 11 is 0. The van der Waals surface area contributed by atoms with Crippen molar-refractivity contribution in [2.75, 3.05) is 26.9 Å². The highest BCUT2D eigenvalue weighted by Crippen LogP contribution is 2.40. The number of hydrogen-bond donors (Lipinski definition) is 1. The molecule has 0 bridgehead atoms. The lowest BCUT2D eigenvalue weighted by Crippen LogP contribution is -2.45. The number of aryl methyl sites for hydroxylation is 2. The first-order chi connectivity index (χ1) is 15.3. The summed E-state index contributed by atoms with van der Waals surface area (Å²) in [5.74, 6) is 0.735. The van der Waals surface area contributed by atoms with Crippen LogP contribution in [0.15, 0.2) is 30.5 Å². The molecule has 1 fully saturated rings. The monoisotopic (exact) mass is 436 g/mol. The predicted octanol–water partition coefficient (Wildman–Crippen LogP) is 4.12. The van der Waals surface area contributed by atoms with Crippen LogP contribution in [0.3, 0.4) is 0 Å². The van der Waals surface area contributed by atoms with Gasteiger partial charge in [-0.2, -0.15) is 5.10 Å². The van der Waals surface area contributed by atoms with Crippen LogP contribution in [0.4, 0.5) is 0 Å². The Bertz CT molecular complexity index is 1130. The van der Waals surface area contributed by atoms with Crippen LogP contribution >= 0.6 is 0 Å². The lowest BCUT2D eigenvalue weighted by atomic mass is 9.73. The summed E-state index contributed by atoms with van der Waals surface area (Å²) < 4.78 is 13.2. The van der Waals surface area contributed by atoms with Gasteiger partial charge in [0.15, 0.2) is 5.65 Å². The van der Waals surface area contributed by atoms with Crippen LogP contribution in [-0.2, 0) is 10.2 Å². The minimum atomic E-state index is -0.237. The third-order valence-corrected chi connectivity index (χ3v) is 6.46. The van der Waals surface area contributed by atoms with Gasteiger partial charge in [0.05, 0.1) is 24.6 Å². The van der Waals surface area contributed by atoms with Gasteiger partial charge < -0.3 is 14.8 Å². The first-order valence-electron chi connectivity index (χ1n) is 11.2. The Balaban J connectivity index is 1.62. The number of fused-ring (bicyclic) bond motifs is 1. The Morgan fingerprint density at radius 1 is 1.25 bits per heavy atom. The summed E-state index contributed by atoms with van der Waals surface area (Å²) in [6, 6.07) is 8.34. The molecule has 4 rings (SSSR count). The maximum atomic E-state index is 13.2. The molecule has 0 radical (unpaired) electrons. The lowest BCUT2D eigenvalue weighted by molar-refractivity contribution is 0.0479. The number of nitrogens with one attached hydrogen (secondary N) is 1. The van der Waals surface area contributed by atoms with Crippen molar-refractivity contribution in [3.8, 4) is 5.75 Å². The second-order valence-electron chi connectivity index (χ2n) is 9.00. The van der Waals surface area contributed by atoms with Crippen molar-refractivity contribution in [3.63, 3.8) is 0 Å². The van der Waals surface area contributed by atoms with Gasteiger partial charge in [0.1, 0.15) is 5.75 Å². The minimum absolute atomic E-state index is 0.119. The molecule has 1 N–H and O–H groups in total. The van der Waals surface area contributed by atoms with Gasteiger partial charge in [0, 0.05) is 42.2 Å². The zero-order valence-corrected chi connectivity index (χ0v) is 19.6. The molecule has 1 aromatic carbocycles. The lowest BCUT2D eigenvalue weighted by Gasteiger charge is -2.39. The number of nitrogens with zero attached hydrogens (tertiary/aromatic N) is 3. The van der Waals surface area contributed by atoms with E-state index in [1.54, 1.807) is 13.3 Å². The topological polar surface area (TPSA) is 78.3 Å². The number of amides is 1. The molecule has 0 unspecified atom stereocenters. The normalized spacial score (nSPS) is 15.8. The fourth-order valence-electron chi connectivity index (χ4n) is 4.56. The highest BCUT2D eigenvalue weighted by molar-refractivity contribution is 5.98. The fraction of sp³-hybridized carbons (Fsp3) is 0.480. The van der Waals surface area contributed by atoms with E-state index in [1.807, 2.05) is 23.7 Å².